The number of nitrogens with zero attached hydrogens (tertiary/aromatic N) is 1. The molecule has 10 nitrogen and oxygen atoms in total. The van der Waals surface area contributed by atoms with Crippen LogP contribution in [0.25, 0.3) is 0 Å². The van der Waals surface area contributed by atoms with Crippen molar-refractivity contribution in [3.8, 4) is 17.2 Å². The molecular formula is C25H32N4O6. The standard InChI is InChI=1S/C21H20N4O6.2C2H6/c1-25(2)21(29)12-4-3-5-13(18(12)26)23-17-16(19(27)24-20(17)28)22-9-11-6-7-14-15(8-11)31-10-30-14;2*1-2/h3-8,26H,9-10H2,1-2H3,(H3,22,23,24,27,28);2*1-2H3. The van der Waals surface area contributed by atoms with E-state index >= 15 is 0 Å². The van der Waals surface area contributed by atoms with Gasteiger partial charge in [0.05, 0.1) is 11.3 Å². The topological polar surface area (TPSA) is 129 Å². The van der Waals surface area contributed by atoms with Gasteiger partial charge >= 0.3 is 0 Å². The Bertz CT molecular complexity index is 1130. The van der Waals surface area contributed by atoms with E-state index in [0.717, 1.165) is 5.56 Å². The van der Waals surface area contributed by atoms with Gasteiger partial charge in [-0.15, -0.1) is 0 Å². The Balaban J connectivity index is 0.00000103. The lowest BCUT2D eigenvalue weighted by atomic mass is 10.1. The van der Waals surface area contributed by atoms with Crippen molar-refractivity contribution in [2.24, 2.45) is 0 Å². The summed E-state index contributed by atoms with van der Waals surface area (Å²) in [7, 11) is 3.12. The van der Waals surface area contributed by atoms with Crippen molar-refractivity contribution in [1.82, 2.24) is 15.5 Å². The number of benzene rings is 2. The van der Waals surface area contributed by atoms with Gasteiger partial charge in [0, 0.05) is 20.6 Å². The highest BCUT2D eigenvalue weighted by Crippen LogP contribution is 2.33. The average Bonchev–Trinajstić information content (AvgIpc) is 3.44. The van der Waals surface area contributed by atoms with E-state index in [1.165, 1.54) is 17.0 Å². The number of para-hydroxylation sites is 1. The molecule has 0 saturated carbocycles. The Labute approximate surface area is 204 Å². The minimum atomic E-state index is -0.651. The maximum absolute atomic E-state index is 12.3. The molecule has 2 aromatic rings. The normalized spacial score (nSPS) is 13.2. The van der Waals surface area contributed by atoms with Crippen molar-refractivity contribution in [1.29, 1.82) is 0 Å². The lowest BCUT2D eigenvalue weighted by Crippen LogP contribution is -2.27. The molecule has 2 aliphatic heterocycles. The zero-order chi connectivity index (χ0) is 26.1. The predicted octanol–water partition coefficient (Wildman–Crippen LogP) is 2.94. The molecule has 0 aliphatic carbocycles. The second-order valence-electron chi connectivity index (χ2n) is 7.10. The number of carbonyl (C=O) groups excluding carboxylic acids is 3. The number of ether oxygens (including phenoxy) is 2. The van der Waals surface area contributed by atoms with E-state index < -0.39 is 17.7 Å². The van der Waals surface area contributed by atoms with Crippen LogP contribution in [-0.2, 0) is 16.1 Å². The maximum Gasteiger partial charge on any atom is 0.276 e. The average molecular weight is 485 g/mol. The van der Waals surface area contributed by atoms with Gasteiger partial charge < -0.3 is 30.1 Å². The van der Waals surface area contributed by atoms with Gasteiger partial charge in [-0.05, 0) is 29.8 Å². The molecule has 0 saturated heterocycles. The summed E-state index contributed by atoms with van der Waals surface area (Å²) < 4.78 is 10.6. The number of carbonyl (C=O) groups is 3. The van der Waals surface area contributed by atoms with Crippen molar-refractivity contribution in [2.75, 3.05) is 26.2 Å². The van der Waals surface area contributed by atoms with Crippen LogP contribution < -0.4 is 25.4 Å². The summed E-state index contributed by atoms with van der Waals surface area (Å²) in [5, 5.41) is 18.4. The molecule has 0 radical (unpaired) electrons. The molecule has 0 bridgehead atoms. The van der Waals surface area contributed by atoms with Crippen molar-refractivity contribution in [3.63, 3.8) is 0 Å². The highest BCUT2D eigenvalue weighted by atomic mass is 16.7. The summed E-state index contributed by atoms with van der Waals surface area (Å²) in [5.41, 5.74) is 0.955. The zero-order valence-corrected chi connectivity index (χ0v) is 20.8. The fourth-order valence-electron chi connectivity index (χ4n) is 3.18. The molecule has 0 atom stereocenters. The van der Waals surface area contributed by atoms with Crippen molar-refractivity contribution in [3.05, 3.63) is 58.9 Å². The predicted molar refractivity (Wildman–Crippen MR) is 132 cm³/mol. The third-order valence-electron chi connectivity index (χ3n) is 4.77. The minimum Gasteiger partial charge on any atom is -0.505 e. The molecule has 0 unspecified atom stereocenters. The molecule has 2 aromatic carbocycles. The molecule has 3 amide bonds. The first kappa shape index (κ1) is 27.0. The Kier molecular flexibility index (Phi) is 9.51. The van der Waals surface area contributed by atoms with Crippen LogP contribution in [0, 0.1) is 0 Å². The van der Waals surface area contributed by atoms with Gasteiger partial charge in [-0.1, -0.05) is 39.8 Å². The molecule has 0 spiro atoms. The second-order valence-corrected chi connectivity index (χ2v) is 7.10. The molecule has 4 N–H and O–H groups in total. The number of hydrogen-bond acceptors (Lipinski definition) is 8. The van der Waals surface area contributed by atoms with Gasteiger partial charge in [-0.3, -0.25) is 19.7 Å². The number of phenolic OH excluding ortho intramolecular Hbond substituents is 1. The first-order valence-electron chi connectivity index (χ1n) is 11.4. The van der Waals surface area contributed by atoms with Crippen molar-refractivity contribution >= 4 is 23.4 Å². The van der Waals surface area contributed by atoms with Crippen molar-refractivity contribution in [2.45, 2.75) is 34.2 Å². The molecule has 4 rings (SSSR count). The number of nitrogens with one attached hydrogen (secondary N) is 3. The monoisotopic (exact) mass is 484 g/mol. The quantitative estimate of drug-likeness (QED) is 0.364. The number of hydrogen-bond donors (Lipinski definition) is 4. The van der Waals surface area contributed by atoms with E-state index in [1.807, 2.05) is 33.8 Å². The minimum absolute atomic E-state index is 0.0198. The Morgan fingerprint density at radius 3 is 2.34 bits per heavy atom. The molecule has 10 heteroatoms. The van der Waals surface area contributed by atoms with Crippen LogP contribution in [0.4, 0.5) is 5.69 Å². The zero-order valence-electron chi connectivity index (χ0n) is 20.8. The van der Waals surface area contributed by atoms with E-state index in [9.17, 15) is 19.5 Å². The smallest absolute Gasteiger partial charge is 0.276 e. The fraction of sp³-hybridized carbons (Fsp3) is 0.320. The highest BCUT2D eigenvalue weighted by Gasteiger charge is 2.31. The van der Waals surface area contributed by atoms with Gasteiger partial charge in [-0.2, -0.15) is 0 Å². The summed E-state index contributed by atoms with van der Waals surface area (Å²) >= 11 is 0. The summed E-state index contributed by atoms with van der Waals surface area (Å²) in [4.78, 5) is 38.2. The van der Waals surface area contributed by atoms with Crippen LogP contribution >= 0.6 is 0 Å². The second kappa shape index (κ2) is 12.3. The van der Waals surface area contributed by atoms with E-state index in [1.54, 1.807) is 32.3 Å². The van der Waals surface area contributed by atoms with Gasteiger partial charge in [0.1, 0.15) is 11.4 Å². The third-order valence-corrected chi connectivity index (χ3v) is 4.77. The molecule has 0 aromatic heterocycles. The number of fused-ring (bicyclic) bond motifs is 1. The molecular weight excluding hydrogens is 452 g/mol. The SMILES string of the molecule is CC.CC.CN(C)C(=O)c1cccc(NC2=C(NCc3ccc4c(c3)OCO4)C(=O)NC2=O)c1O. The molecule has 2 heterocycles. The Morgan fingerprint density at radius 1 is 1.00 bits per heavy atom. The summed E-state index contributed by atoms with van der Waals surface area (Å²) in [6, 6.07) is 9.88. The van der Waals surface area contributed by atoms with Crippen molar-refractivity contribution < 1.29 is 29.0 Å². The molecule has 2 aliphatic rings. The van der Waals surface area contributed by atoms with Gasteiger partial charge in [0.25, 0.3) is 17.7 Å². The van der Waals surface area contributed by atoms with Crippen LogP contribution in [0.2, 0.25) is 0 Å². The number of amides is 3. The first-order chi connectivity index (χ1) is 16.8. The van der Waals surface area contributed by atoms with Gasteiger partial charge in [-0.25, -0.2) is 0 Å². The van der Waals surface area contributed by atoms with E-state index in [-0.39, 0.29) is 41.7 Å². The fourth-order valence-corrected chi connectivity index (χ4v) is 3.18. The number of anilines is 1. The highest BCUT2D eigenvalue weighted by molar-refractivity contribution is 6.20. The van der Waals surface area contributed by atoms with Crippen LogP contribution in [0.5, 0.6) is 17.2 Å². The third kappa shape index (κ3) is 6.03. The maximum atomic E-state index is 12.3. The molecule has 188 valence electrons. The Hall–Kier alpha value is -4.21. The largest absolute Gasteiger partial charge is 0.505 e. The molecule has 35 heavy (non-hydrogen) atoms. The van der Waals surface area contributed by atoms with Crippen LogP contribution in [0.3, 0.4) is 0 Å². The van der Waals surface area contributed by atoms with Gasteiger partial charge in [0.2, 0.25) is 6.79 Å². The lowest BCUT2D eigenvalue weighted by molar-refractivity contribution is -0.124. The van der Waals surface area contributed by atoms with E-state index in [0.29, 0.717) is 11.5 Å². The van der Waals surface area contributed by atoms with E-state index in [4.69, 9.17) is 9.47 Å². The lowest BCUT2D eigenvalue weighted by Gasteiger charge is -2.15. The molecule has 0 fully saturated rings. The summed E-state index contributed by atoms with van der Waals surface area (Å²) in [6.07, 6.45) is 0. The number of aromatic hydroxyl groups is 1. The summed E-state index contributed by atoms with van der Waals surface area (Å²) in [6.45, 7) is 8.39. The summed E-state index contributed by atoms with van der Waals surface area (Å²) in [5.74, 6) is -0.734. The first-order valence-corrected chi connectivity index (χ1v) is 11.4. The van der Waals surface area contributed by atoms with E-state index in [2.05, 4.69) is 16.0 Å². The number of rotatable bonds is 6. The Morgan fingerprint density at radius 2 is 1.66 bits per heavy atom. The van der Waals surface area contributed by atoms with Gasteiger partial charge in [0.15, 0.2) is 17.2 Å². The number of imide groups is 1. The van der Waals surface area contributed by atoms with Crippen LogP contribution in [0.1, 0.15) is 43.6 Å². The number of phenols is 1. The van der Waals surface area contributed by atoms with Crippen LogP contribution in [-0.4, -0.2) is 48.6 Å². The van der Waals surface area contributed by atoms with Crippen LogP contribution in [0.15, 0.2) is 47.8 Å².